The lowest BCUT2D eigenvalue weighted by Crippen LogP contribution is -1.89. The second-order valence-corrected chi connectivity index (χ2v) is 6.95. The molecule has 1 aromatic carbocycles. The molecule has 1 rings (SSSR count). The summed E-state index contributed by atoms with van der Waals surface area (Å²) in [5, 5.41) is 0. The van der Waals surface area contributed by atoms with Crippen molar-refractivity contribution in [1.82, 2.24) is 0 Å². The molecule has 0 unspecified atom stereocenters. The zero-order valence-corrected chi connectivity index (χ0v) is 16.5. The van der Waals surface area contributed by atoms with Crippen molar-refractivity contribution in [2.75, 3.05) is 0 Å². The fourth-order valence-electron chi connectivity index (χ4n) is 1.58. The van der Waals surface area contributed by atoms with Crippen molar-refractivity contribution >= 4 is 45.2 Å². The minimum Gasteiger partial charge on any atom is -0.0979 e. The molecular formula is C18H20I2. The molecule has 0 spiro atoms. The van der Waals surface area contributed by atoms with Crippen molar-refractivity contribution in [2.45, 2.75) is 52.4 Å². The largest absolute Gasteiger partial charge is 0.0979 e. The van der Waals surface area contributed by atoms with Gasteiger partial charge in [0.2, 0.25) is 0 Å². The smallest absolute Gasteiger partial charge is 0.0390 e. The zero-order valence-electron chi connectivity index (χ0n) is 12.2. The lowest BCUT2D eigenvalue weighted by molar-refractivity contribution is 0.828. The van der Waals surface area contributed by atoms with Crippen molar-refractivity contribution in [3.8, 4) is 23.7 Å². The SMILES string of the molecule is CCCCC#Cc1cc(I)c(C#CCCCC)cc1I. The number of halogens is 2. The molecule has 0 nitrogen and oxygen atoms in total. The van der Waals surface area contributed by atoms with Gasteiger partial charge in [-0.15, -0.1) is 0 Å². The van der Waals surface area contributed by atoms with Gasteiger partial charge in [-0.25, -0.2) is 0 Å². The quantitative estimate of drug-likeness (QED) is 0.277. The number of hydrogen-bond acceptors (Lipinski definition) is 0. The molecule has 0 radical (unpaired) electrons. The molecule has 0 saturated heterocycles. The summed E-state index contributed by atoms with van der Waals surface area (Å²) in [5.41, 5.74) is 2.26. The molecule has 0 bridgehead atoms. The molecule has 0 aliphatic rings. The second-order valence-electron chi connectivity index (χ2n) is 4.62. The molecule has 2 heteroatoms. The normalized spacial score (nSPS) is 9.40. The van der Waals surface area contributed by atoms with Gasteiger partial charge in [0.1, 0.15) is 0 Å². The summed E-state index contributed by atoms with van der Waals surface area (Å²) in [7, 11) is 0. The third kappa shape index (κ3) is 6.50. The fraction of sp³-hybridized carbons (Fsp3) is 0.444. The molecule has 0 atom stereocenters. The van der Waals surface area contributed by atoms with E-state index in [2.05, 4.69) is 94.8 Å². The highest BCUT2D eigenvalue weighted by Gasteiger charge is 2.03. The van der Waals surface area contributed by atoms with Crippen LogP contribution in [-0.4, -0.2) is 0 Å². The van der Waals surface area contributed by atoms with Crippen LogP contribution < -0.4 is 0 Å². The monoisotopic (exact) mass is 490 g/mol. The van der Waals surface area contributed by atoms with Crippen molar-refractivity contribution in [2.24, 2.45) is 0 Å². The molecule has 0 aromatic heterocycles. The van der Waals surface area contributed by atoms with Crippen LogP contribution in [0.15, 0.2) is 12.1 Å². The summed E-state index contributed by atoms with van der Waals surface area (Å²) in [6.45, 7) is 4.39. The van der Waals surface area contributed by atoms with Gasteiger partial charge in [-0.05, 0) is 70.2 Å². The average Bonchev–Trinajstić information content (AvgIpc) is 2.44. The van der Waals surface area contributed by atoms with Crippen LogP contribution in [0.1, 0.15) is 63.5 Å². The van der Waals surface area contributed by atoms with Crippen LogP contribution in [0.25, 0.3) is 0 Å². The Morgan fingerprint density at radius 3 is 1.55 bits per heavy atom. The first-order valence-electron chi connectivity index (χ1n) is 7.15. The molecular weight excluding hydrogens is 470 g/mol. The van der Waals surface area contributed by atoms with Crippen LogP contribution >= 0.6 is 45.2 Å². The number of benzene rings is 1. The molecule has 0 aliphatic carbocycles. The molecule has 0 aliphatic heterocycles. The maximum Gasteiger partial charge on any atom is 0.0390 e. The topological polar surface area (TPSA) is 0 Å². The number of rotatable bonds is 4. The molecule has 0 N–H and O–H groups in total. The third-order valence-corrected chi connectivity index (χ3v) is 4.60. The van der Waals surface area contributed by atoms with Gasteiger partial charge in [-0.2, -0.15) is 0 Å². The Morgan fingerprint density at radius 2 is 1.20 bits per heavy atom. The second kappa shape index (κ2) is 10.5. The van der Waals surface area contributed by atoms with Crippen LogP contribution in [0.4, 0.5) is 0 Å². The third-order valence-electron chi connectivity index (χ3n) is 2.81. The van der Waals surface area contributed by atoms with E-state index in [-0.39, 0.29) is 0 Å². The first kappa shape index (κ1) is 17.9. The Bertz CT molecular complexity index is 499. The average molecular weight is 490 g/mol. The van der Waals surface area contributed by atoms with Crippen LogP contribution in [-0.2, 0) is 0 Å². The highest BCUT2D eigenvalue weighted by atomic mass is 127. The molecule has 0 heterocycles. The van der Waals surface area contributed by atoms with E-state index in [1.807, 2.05) is 0 Å². The predicted molar refractivity (Wildman–Crippen MR) is 105 cm³/mol. The minimum absolute atomic E-state index is 0.988. The van der Waals surface area contributed by atoms with Crippen molar-refractivity contribution < 1.29 is 0 Å². The highest BCUT2D eigenvalue weighted by Crippen LogP contribution is 2.19. The maximum absolute atomic E-state index is 3.28. The van der Waals surface area contributed by atoms with Gasteiger partial charge in [-0.1, -0.05) is 50.4 Å². The van der Waals surface area contributed by atoms with Gasteiger partial charge in [-0.3, -0.25) is 0 Å². The standard InChI is InChI=1S/C18H20I2/c1-3-5-7-9-11-15-13-18(20)16(14-17(15)19)12-10-8-6-4-2/h13-14H,3-8H2,1-2H3. The Morgan fingerprint density at radius 1 is 0.800 bits per heavy atom. The Labute approximate surface area is 150 Å². The maximum atomic E-state index is 3.28. The summed E-state index contributed by atoms with van der Waals surface area (Å²) in [4.78, 5) is 0. The summed E-state index contributed by atoms with van der Waals surface area (Å²) >= 11 is 4.72. The van der Waals surface area contributed by atoms with Crippen LogP contribution in [0.5, 0.6) is 0 Å². The van der Waals surface area contributed by atoms with E-state index in [0.29, 0.717) is 0 Å². The Kier molecular flexibility index (Phi) is 9.39. The van der Waals surface area contributed by atoms with E-state index in [9.17, 15) is 0 Å². The minimum atomic E-state index is 0.988. The molecule has 20 heavy (non-hydrogen) atoms. The summed E-state index contributed by atoms with van der Waals surface area (Å²) < 4.78 is 2.40. The number of unbranched alkanes of at least 4 members (excludes halogenated alkanes) is 4. The van der Waals surface area contributed by atoms with E-state index in [0.717, 1.165) is 24.0 Å². The first-order valence-corrected chi connectivity index (χ1v) is 9.31. The van der Waals surface area contributed by atoms with Crippen LogP contribution in [0, 0.1) is 30.8 Å². The van der Waals surface area contributed by atoms with Gasteiger partial charge in [0.15, 0.2) is 0 Å². The van der Waals surface area contributed by atoms with Crippen molar-refractivity contribution in [3.05, 3.63) is 30.4 Å². The summed E-state index contributed by atoms with van der Waals surface area (Å²) in [6, 6.07) is 4.32. The van der Waals surface area contributed by atoms with E-state index < -0.39 is 0 Å². The Hall–Kier alpha value is -0.200. The Balaban J connectivity index is 2.84. The highest BCUT2D eigenvalue weighted by molar-refractivity contribution is 14.1. The van der Waals surface area contributed by atoms with Crippen molar-refractivity contribution in [1.29, 1.82) is 0 Å². The molecule has 0 fully saturated rings. The summed E-state index contributed by atoms with van der Waals surface area (Å²) in [5.74, 6) is 13.1. The lowest BCUT2D eigenvalue weighted by atomic mass is 10.1. The summed E-state index contributed by atoms with van der Waals surface area (Å²) in [6.07, 6.45) is 6.75. The fourth-order valence-corrected chi connectivity index (χ4v) is 2.79. The van der Waals surface area contributed by atoms with E-state index >= 15 is 0 Å². The van der Waals surface area contributed by atoms with Crippen molar-refractivity contribution in [3.63, 3.8) is 0 Å². The van der Waals surface area contributed by atoms with Gasteiger partial charge in [0.05, 0.1) is 0 Å². The van der Waals surface area contributed by atoms with E-state index in [1.165, 1.54) is 32.8 Å². The van der Waals surface area contributed by atoms with Gasteiger partial charge < -0.3 is 0 Å². The zero-order chi connectivity index (χ0) is 14.8. The van der Waals surface area contributed by atoms with Gasteiger partial charge >= 0.3 is 0 Å². The van der Waals surface area contributed by atoms with E-state index in [1.54, 1.807) is 0 Å². The van der Waals surface area contributed by atoms with E-state index in [4.69, 9.17) is 0 Å². The molecule has 1 aromatic rings. The number of hydrogen-bond donors (Lipinski definition) is 0. The first-order chi connectivity index (χ1) is 9.69. The molecule has 0 saturated carbocycles. The molecule has 0 amide bonds. The van der Waals surface area contributed by atoms with Crippen LogP contribution in [0.2, 0.25) is 0 Å². The predicted octanol–water partition coefficient (Wildman–Crippen LogP) is 5.98. The van der Waals surface area contributed by atoms with Gasteiger partial charge in [0, 0.05) is 31.1 Å². The lowest BCUT2D eigenvalue weighted by Gasteiger charge is -2.01. The molecule has 106 valence electrons. The van der Waals surface area contributed by atoms with Crippen LogP contribution in [0.3, 0.4) is 0 Å². The van der Waals surface area contributed by atoms with Gasteiger partial charge in [0.25, 0.3) is 0 Å².